The molecule has 0 saturated heterocycles. The van der Waals surface area contributed by atoms with Crippen molar-refractivity contribution in [3.63, 3.8) is 0 Å². The number of imidazole rings is 1. The number of likely N-dealkylation sites (N-methyl/N-ethyl adjacent to an activating group) is 1. The zero-order chi connectivity index (χ0) is 17.5. The molecule has 128 valence electrons. The van der Waals surface area contributed by atoms with Crippen molar-refractivity contribution in [2.45, 2.75) is 32.7 Å². The monoisotopic (exact) mass is 329 g/mol. The fourth-order valence-corrected chi connectivity index (χ4v) is 2.45. The zero-order valence-corrected chi connectivity index (χ0v) is 14.8. The quantitative estimate of drug-likeness (QED) is 0.794. The Bertz CT molecular complexity index is 911. The van der Waals surface area contributed by atoms with Gasteiger partial charge >= 0.3 is 5.69 Å². The van der Waals surface area contributed by atoms with Crippen LogP contribution in [0.3, 0.4) is 0 Å². The first kappa shape index (κ1) is 16.4. The second kappa shape index (κ2) is 5.90. The molecule has 7 nitrogen and oxygen atoms in total. The van der Waals surface area contributed by atoms with E-state index in [-0.39, 0.29) is 11.1 Å². The summed E-state index contributed by atoms with van der Waals surface area (Å²) in [7, 11) is 3.97. The number of fused-ring (bicyclic) bond motifs is 1. The van der Waals surface area contributed by atoms with Gasteiger partial charge in [0.1, 0.15) is 0 Å². The maximum absolute atomic E-state index is 12.2. The molecule has 3 aromatic rings. The van der Waals surface area contributed by atoms with E-state index < -0.39 is 0 Å². The first-order valence-electron chi connectivity index (χ1n) is 7.97. The molecule has 0 fully saturated rings. The number of H-pyrrole nitrogens is 1. The first-order valence-corrected chi connectivity index (χ1v) is 7.97. The van der Waals surface area contributed by atoms with Gasteiger partial charge in [-0.1, -0.05) is 25.9 Å². The third kappa shape index (κ3) is 3.12. The van der Waals surface area contributed by atoms with E-state index in [0.29, 0.717) is 18.3 Å². The lowest BCUT2D eigenvalue weighted by molar-refractivity contribution is 0.384. The second-order valence-corrected chi connectivity index (χ2v) is 7.29. The number of hydrogen-bond acceptors (Lipinski definition) is 5. The van der Waals surface area contributed by atoms with Gasteiger partial charge in [-0.25, -0.2) is 4.79 Å². The van der Waals surface area contributed by atoms with Crippen LogP contribution in [0.25, 0.3) is 22.5 Å². The minimum Gasteiger partial charge on any atom is -0.334 e. The van der Waals surface area contributed by atoms with Gasteiger partial charge in [0.05, 0.1) is 11.0 Å². The SMILES string of the molecule is CN(C)CCn1c(=O)[nH]c2ccc(-c3nc(C(C)(C)C)no3)cc21. The Morgan fingerprint density at radius 1 is 1.29 bits per heavy atom. The van der Waals surface area contributed by atoms with Crippen molar-refractivity contribution in [3.05, 3.63) is 34.5 Å². The number of aromatic amines is 1. The Kier molecular flexibility index (Phi) is 4.04. The van der Waals surface area contributed by atoms with Crippen molar-refractivity contribution in [2.24, 2.45) is 0 Å². The van der Waals surface area contributed by atoms with Crippen LogP contribution in [0.4, 0.5) is 0 Å². The maximum atomic E-state index is 12.2. The molecule has 0 aliphatic carbocycles. The van der Waals surface area contributed by atoms with Crippen molar-refractivity contribution >= 4 is 11.0 Å². The molecule has 24 heavy (non-hydrogen) atoms. The van der Waals surface area contributed by atoms with Crippen molar-refractivity contribution < 1.29 is 4.52 Å². The number of nitrogens with one attached hydrogen (secondary N) is 1. The Labute approximate surface area is 140 Å². The van der Waals surface area contributed by atoms with Crippen LogP contribution >= 0.6 is 0 Å². The van der Waals surface area contributed by atoms with Crippen molar-refractivity contribution in [1.29, 1.82) is 0 Å². The van der Waals surface area contributed by atoms with Crippen molar-refractivity contribution in [1.82, 2.24) is 24.6 Å². The van der Waals surface area contributed by atoms with Gasteiger partial charge in [-0.15, -0.1) is 0 Å². The normalized spacial score (nSPS) is 12.4. The summed E-state index contributed by atoms with van der Waals surface area (Å²) < 4.78 is 7.14. The summed E-state index contributed by atoms with van der Waals surface area (Å²) in [4.78, 5) is 21.6. The van der Waals surface area contributed by atoms with Crippen LogP contribution in [0.5, 0.6) is 0 Å². The largest absolute Gasteiger partial charge is 0.334 e. The highest BCUT2D eigenvalue weighted by atomic mass is 16.5. The van der Waals surface area contributed by atoms with Gasteiger partial charge in [-0.2, -0.15) is 4.98 Å². The summed E-state index contributed by atoms with van der Waals surface area (Å²) in [6, 6.07) is 5.68. The number of hydrogen-bond donors (Lipinski definition) is 1. The molecule has 0 atom stereocenters. The van der Waals surface area contributed by atoms with Crippen LogP contribution in [0.2, 0.25) is 0 Å². The minimum absolute atomic E-state index is 0.107. The van der Waals surface area contributed by atoms with E-state index in [1.807, 2.05) is 58.0 Å². The fraction of sp³-hybridized carbons (Fsp3) is 0.471. The average Bonchev–Trinajstić information content (AvgIpc) is 3.08. The highest BCUT2D eigenvalue weighted by Gasteiger charge is 2.21. The summed E-state index contributed by atoms with van der Waals surface area (Å²) in [5, 5.41) is 4.06. The highest BCUT2D eigenvalue weighted by molar-refractivity contribution is 5.80. The lowest BCUT2D eigenvalue weighted by Crippen LogP contribution is -2.24. The Balaban J connectivity index is 2.03. The van der Waals surface area contributed by atoms with Crippen LogP contribution < -0.4 is 5.69 Å². The Morgan fingerprint density at radius 3 is 2.67 bits per heavy atom. The smallest absolute Gasteiger partial charge is 0.326 e. The molecule has 0 bridgehead atoms. The lowest BCUT2D eigenvalue weighted by atomic mass is 9.96. The highest BCUT2D eigenvalue weighted by Crippen LogP contribution is 2.25. The van der Waals surface area contributed by atoms with E-state index in [1.54, 1.807) is 4.57 Å². The van der Waals surface area contributed by atoms with E-state index >= 15 is 0 Å². The molecule has 0 aliphatic rings. The maximum Gasteiger partial charge on any atom is 0.326 e. The molecule has 7 heteroatoms. The van der Waals surface area contributed by atoms with Crippen LogP contribution in [0, 0.1) is 0 Å². The van der Waals surface area contributed by atoms with E-state index in [1.165, 1.54) is 0 Å². The topological polar surface area (TPSA) is 80.0 Å². The van der Waals surface area contributed by atoms with E-state index in [4.69, 9.17) is 4.52 Å². The van der Waals surface area contributed by atoms with Crippen molar-refractivity contribution in [3.8, 4) is 11.5 Å². The molecule has 0 spiro atoms. The predicted molar refractivity (Wildman–Crippen MR) is 93.1 cm³/mol. The third-order valence-corrected chi connectivity index (χ3v) is 3.89. The average molecular weight is 329 g/mol. The van der Waals surface area contributed by atoms with E-state index in [0.717, 1.165) is 23.1 Å². The molecular formula is C17H23N5O2. The summed E-state index contributed by atoms with van der Waals surface area (Å²) in [5.74, 6) is 1.13. The van der Waals surface area contributed by atoms with Gasteiger partial charge in [-0.3, -0.25) is 4.57 Å². The standard InChI is InChI=1S/C17H23N5O2/c1-17(2,3)15-19-14(24-20-15)11-6-7-12-13(10-11)22(16(23)18-12)9-8-21(4)5/h6-7,10H,8-9H2,1-5H3,(H,18,23). The summed E-state index contributed by atoms with van der Waals surface area (Å²) in [6.07, 6.45) is 0. The van der Waals surface area contributed by atoms with Gasteiger partial charge in [0.15, 0.2) is 5.82 Å². The lowest BCUT2D eigenvalue weighted by Gasteiger charge is -2.11. The van der Waals surface area contributed by atoms with Gasteiger partial charge in [0, 0.05) is 24.1 Å². The van der Waals surface area contributed by atoms with Crippen molar-refractivity contribution in [2.75, 3.05) is 20.6 Å². The summed E-state index contributed by atoms with van der Waals surface area (Å²) >= 11 is 0. The molecule has 0 saturated carbocycles. The third-order valence-electron chi connectivity index (χ3n) is 3.89. The molecule has 0 amide bonds. The Hall–Kier alpha value is -2.41. The Morgan fingerprint density at radius 2 is 2.04 bits per heavy atom. The number of nitrogens with zero attached hydrogens (tertiary/aromatic N) is 4. The van der Waals surface area contributed by atoms with E-state index in [9.17, 15) is 4.79 Å². The molecule has 1 N–H and O–H groups in total. The molecule has 0 aliphatic heterocycles. The molecule has 3 rings (SSSR count). The molecule has 0 unspecified atom stereocenters. The molecule has 0 radical (unpaired) electrons. The van der Waals surface area contributed by atoms with E-state index in [2.05, 4.69) is 15.1 Å². The molecule has 2 heterocycles. The summed E-state index contributed by atoms with van der Waals surface area (Å²) in [5.41, 5.74) is 2.18. The number of rotatable bonds is 4. The molecule has 2 aromatic heterocycles. The predicted octanol–water partition coefficient (Wildman–Crippen LogP) is 2.24. The summed E-state index contributed by atoms with van der Waals surface area (Å²) in [6.45, 7) is 7.51. The fourth-order valence-electron chi connectivity index (χ4n) is 2.45. The van der Waals surface area contributed by atoms with Crippen LogP contribution in [0.1, 0.15) is 26.6 Å². The van der Waals surface area contributed by atoms with Crippen LogP contribution in [-0.2, 0) is 12.0 Å². The number of benzene rings is 1. The first-order chi connectivity index (χ1) is 11.3. The zero-order valence-electron chi connectivity index (χ0n) is 14.8. The van der Waals surface area contributed by atoms with Gasteiger partial charge in [-0.05, 0) is 32.3 Å². The number of aromatic nitrogens is 4. The molecular weight excluding hydrogens is 306 g/mol. The van der Waals surface area contributed by atoms with Gasteiger partial charge < -0.3 is 14.4 Å². The second-order valence-electron chi connectivity index (χ2n) is 7.29. The van der Waals surface area contributed by atoms with Gasteiger partial charge in [0.2, 0.25) is 0 Å². The van der Waals surface area contributed by atoms with Crippen LogP contribution in [0.15, 0.2) is 27.5 Å². The minimum atomic E-state index is -0.173. The van der Waals surface area contributed by atoms with Gasteiger partial charge in [0.25, 0.3) is 5.89 Å². The van der Waals surface area contributed by atoms with Crippen LogP contribution in [-0.4, -0.2) is 45.2 Å². The molecule has 1 aromatic carbocycles.